The van der Waals surface area contributed by atoms with E-state index in [4.69, 9.17) is 16.3 Å². The van der Waals surface area contributed by atoms with Crippen LogP contribution in [0.1, 0.15) is 17.3 Å². The van der Waals surface area contributed by atoms with Gasteiger partial charge in [0.15, 0.2) is 0 Å². The first-order valence-electron chi connectivity index (χ1n) is 7.43. The fourth-order valence-corrected chi connectivity index (χ4v) is 2.44. The smallest absolute Gasteiger partial charge is 0.341 e. The van der Waals surface area contributed by atoms with E-state index in [-0.39, 0.29) is 22.4 Å². The van der Waals surface area contributed by atoms with Crippen molar-refractivity contribution >= 4 is 29.3 Å². The fraction of sp³-hybridized carbons (Fsp3) is 0.312. The second-order valence-corrected chi connectivity index (χ2v) is 5.69. The number of halogens is 1. The van der Waals surface area contributed by atoms with E-state index in [0.29, 0.717) is 12.2 Å². The Balaban J connectivity index is 2.06. The number of aromatic nitrogens is 2. The van der Waals surface area contributed by atoms with Crippen LogP contribution in [-0.2, 0) is 11.3 Å². The van der Waals surface area contributed by atoms with Gasteiger partial charge in [-0.15, -0.1) is 0 Å². The number of rotatable bonds is 6. The maximum atomic E-state index is 12.1. The molecule has 1 aromatic carbocycles. The number of esters is 1. The number of anilines is 1. The molecule has 0 unspecified atom stereocenters. The molecule has 1 atom stereocenters. The zero-order valence-electron chi connectivity index (χ0n) is 14.1. The molecule has 0 fully saturated rings. The van der Waals surface area contributed by atoms with Gasteiger partial charge in [-0.25, -0.2) is 14.6 Å². The minimum Gasteiger partial charge on any atom is -0.496 e. The summed E-state index contributed by atoms with van der Waals surface area (Å²) in [4.78, 5) is 27.8. The molecule has 0 saturated carbocycles. The topological polar surface area (TPSA) is 94.5 Å². The molecule has 2 rings (SSSR count). The Morgan fingerprint density at radius 1 is 1.36 bits per heavy atom. The maximum absolute atomic E-state index is 12.1. The molecule has 0 spiro atoms. The maximum Gasteiger partial charge on any atom is 0.341 e. The molecule has 1 heterocycles. The minimum atomic E-state index is -0.580. The lowest BCUT2D eigenvalue weighted by Crippen LogP contribution is -2.38. The highest BCUT2D eigenvalue weighted by Gasteiger charge is 2.18. The second kappa shape index (κ2) is 8.39. The van der Waals surface area contributed by atoms with Gasteiger partial charge in [-0.1, -0.05) is 11.6 Å². The molecule has 1 aromatic heterocycles. The molecule has 0 aliphatic rings. The zero-order chi connectivity index (χ0) is 18.4. The van der Waals surface area contributed by atoms with E-state index in [2.05, 4.69) is 20.4 Å². The Hall–Kier alpha value is -2.74. The van der Waals surface area contributed by atoms with Crippen LogP contribution in [0.2, 0.25) is 5.02 Å². The van der Waals surface area contributed by atoms with E-state index in [1.54, 1.807) is 12.5 Å². The van der Waals surface area contributed by atoms with Crippen molar-refractivity contribution < 1.29 is 19.1 Å². The van der Waals surface area contributed by atoms with Gasteiger partial charge in [-0.3, -0.25) is 0 Å². The Morgan fingerprint density at radius 2 is 2.12 bits per heavy atom. The van der Waals surface area contributed by atoms with Crippen molar-refractivity contribution in [3.8, 4) is 5.75 Å². The highest BCUT2D eigenvalue weighted by atomic mass is 35.5. The van der Waals surface area contributed by atoms with Crippen molar-refractivity contribution in [1.29, 1.82) is 0 Å². The number of ether oxygens (including phenoxy) is 2. The summed E-state index contributed by atoms with van der Waals surface area (Å²) in [6.07, 6.45) is 5.15. The van der Waals surface area contributed by atoms with E-state index in [1.807, 2.05) is 17.7 Å². The normalized spacial score (nSPS) is 11.5. The van der Waals surface area contributed by atoms with Gasteiger partial charge in [0.05, 0.1) is 31.3 Å². The molecule has 9 heteroatoms. The van der Waals surface area contributed by atoms with Crippen LogP contribution in [0.5, 0.6) is 5.75 Å². The summed E-state index contributed by atoms with van der Waals surface area (Å²) in [5.41, 5.74) is 0.493. The summed E-state index contributed by atoms with van der Waals surface area (Å²) in [5, 5.41) is 5.62. The second-order valence-electron chi connectivity index (χ2n) is 5.28. The molecule has 25 heavy (non-hydrogen) atoms. The number of carbonyl (C=O) groups is 2. The first kappa shape index (κ1) is 18.6. The van der Waals surface area contributed by atoms with Crippen molar-refractivity contribution in [2.75, 3.05) is 19.5 Å². The van der Waals surface area contributed by atoms with E-state index in [1.165, 1.54) is 26.4 Å². The predicted octanol–water partition coefficient (Wildman–Crippen LogP) is 2.54. The average molecular weight is 367 g/mol. The molecule has 2 amide bonds. The van der Waals surface area contributed by atoms with E-state index >= 15 is 0 Å². The summed E-state index contributed by atoms with van der Waals surface area (Å²) in [6.45, 7) is 2.44. The van der Waals surface area contributed by atoms with E-state index in [9.17, 15) is 9.59 Å². The Morgan fingerprint density at radius 3 is 2.72 bits per heavy atom. The van der Waals surface area contributed by atoms with Gasteiger partial charge >= 0.3 is 12.0 Å². The first-order chi connectivity index (χ1) is 11.9. The third kappa shape index (κ3) is 4.87. The van der Waals surface area contributed by atoms with Gasteiger partial charge in [0, 0.05) is 31.0 Å². The number of methoxy groups -OCH3 is 2. The zero-order valence-corrected chi connectivity index (χ0v) is 14.8. The summed E-state index contributed by atoms with van der Waals surface area (Å²) >= 11 is 6.14. The van der Waals surface area contributed by atoms with Crippen LogP contribution in [0.3, 0.4) is 0 Å². The van der Waals surface area contributed by atoms with E-state index < -0.39 is 12.0 Å². The summed E-state index contributed by atoms with van der Waals surface area (Å²) < 4.78 is 11.7. The Kier molecular flexibility index (Phi) is 6.24. The molecule has 0 saturated heterocycles. The highest BCUT2D eigenvalue weighted by molar-refractivity contribution is 6.34. The predicted molar refractivity (Wildman–Crippen MR) is 93.2 cm³/mol. The first-order valence-corrected chi connectivity index (χ1v) is 7.81. The minimum absolute atomic E-state index is 0.135. The molecule has 0 aliphatic heterocycles. The molecule has 8 nitrogen and oxygen atoms in total. The molecule has 0 bridgehead atoms. The molecule has 0 aliphatic carbocycles. The van der Waals surface area contributed by atoms with Crippen molar-refractivity contribution in [3.63, 3.8) is 0 Å². The van der Waals surface area contributed by atoms with Gasteiger partial charge in [0.25, 0.3) is 0 Å². The Bertz CT molecular complexity index is 749. The molecule has 2 aromatic rings. The molecular formula is C16H19ClN4O4. The number of carbonyl (C=O) groups excluding carboxylic acids is 2. The lowest BCUT2D eigenvalue weighted by molar-refractivity contribution is 0.0597. The van der Waals surface area contributed by atoms with Gasteiger partial charge in [0.1, 0.15) is 11.3 Å². The SMILES string of the molecule is COC(=O)c1cc(Cl)c(NC(=O)N[C@@H](C)Cn2ccnc2)cc1OC. The number of nitrogens with zero attached hydrogens (tertiary/aromatic N) is 2. The number of hydrogen-bond donors (Lipinski definition) is 2. The lowest BCUT2D eigenvalue weighted by Gasteiger charge is -2.16. The van der Waals surface area contributed by atoms with Crippen LogP contribution in [0, 0.1) is 0 Å². The van der Waals surface area contributed by atoms with Gasteiger partial charge in [-0.05, 0) is 13.0 Å². The molecule has 0 radical (unpaired) electrons. The quantitative estimate of drug-likeness (QED) is 0.766. The van der Waals surface area contributed by atoms with E-state index in [0.717, 1.165) is 0 Å². The van der Waals surface area contributed by atoms with Gasteiger partial charge < -0.3 is 24.7 Å². The number of benzene rings is 1. The van der Waals surface area contributed by atoms with Crippen LogP contribution < -0.4 is 15.4 Å². The van der Waals surface area contributed by atoms with Gasteiger partial charge in [-0.2, -0.15) is 0 Å². The third-order valence-electron chi connectivity index (χ3n) is 3.36. The number of nitrogens with one attached hydrogen (secondary N) is 2. The van der Waals surface area contributed by atoms with Crippen LogP contribution in [-0.4, -0.2) is 41.8 Å². The molecular weight excluding hydrogens is 348 g/mol. The van der Waals surface area contributed by atoms with Crippen LogP contribution in [0.15, 0.2) is 30.9 Å². The van der Waals surface area contributed by atoms with Crippen molar-refractivity contribution in [1.82, 2.24) is 14.9 Å². The monoisotopic (exact) mass is 366 g/mol. The summed E-state index contributed by atoms with van der Waals surface area (Å²) in [7, 11) is 2.67. The lowest BCUT2D eigenvalue weighted by atomic mass is 10.1. The van der Waals surface area contributed by atoms with Crippen molar-refractivity contribution in [2.45, 2.75) is 19.5 Å². The van der Waals surface area contributed by atoms with Crippen LogP contribution in [0.25, 0.3) is 0 Å². The summed E-state index contributed by atoms with van der Waals surface area (Å²) in [6, 6.07) is 2.29. The number of imidazole rings is 1. The van der Waals surface area contributed by atoms with Crippen molar-refractivity contribution in [3.05, 3.63) is 41.4 Å². The average Bonchev–Trinajstić information content (AvgIpc) is 3.08. The van der Waals surface area contributed by atoms with Crippen LogP contribution >= 0.6 is 11.6 Å². The number of hydrogen-bond acceptors (Lipinski definition) is 5. The third-order valence-corrected chi connectivity index (χ3v) is 3.68. The molecule has 2 N–H and O–H groups in total. The van der Waals surface area contributed by atoms with Crippen molar-refractivity contribution in [2.24, 2.45) is 0 Å². The number of urea groups is 1. The number of amides is 2. The summed E-state index contributed by atoms with van der Waals surface area (Å²) in [5.74, 6) is -0.332. The van der Waals surface area contributed by atoms with Crippen LogP contribution in [0.4, 0.5) is 10.5 Å². The molecule has 134 valence electrons. The Labute approximate surface area is 150 Å². The fourth-order valence-electron chi connectivity index (χ4n) is 2.23. The van der Waals surface area contributed by atoms with Gasteiger partial charge in [0.2, 0.25) is 0 Å². The standard InChI is InChI=1S/C16H19ClN4O4/c1-10(8-21-5-4-18-9-21)19-16(23)20-13-7-14(24-2)11(6-12(13)17)15(22)25-3/h4-7,9-10H,8H2,1-3H3,(H2,19,20,23)/t10-/m0/s1. The highest BCUT2D eigenvalue weighted by Crippen LogP contribution is 2.31. The largest absolute Gasteiger partial charge is 0.496 e.